The van der Waals surface area contributed by atoms with Crippen LogP contribution in [0, 0.1) is 11.8 Å². The number of carboxylic acids is 1. The minimum atomic E-state index is -0.608. The van der Waals surface area contributed by atoms with Gasteiger partial charge in [0.25, 0.3) is 0 Å². The van der Waals surface area contributed by atoms with Crippen molar-refractivity contribution in [1.82, 2.24) is 4.90 Å². The summed E-state index contributed by atoms with van der Waals surface area (Å²) in [6, 6.07) is 10.8. The molecule has 1 saturated carbocycles. The molecule has 3 heteroatoms. The van der Waals surface area contributed by atoms with Crippen LogP contribution in [-0.2, 0) is 4.79 Å². The van der Waals surface area contributed by atoms with Gasteiger partial charge < -0.3 is 10.0 Å². The quantitative estimate of drug-likeness (QED) is 0.902. The highest BCUT2D eigenvalue weighted by Gasteiger charge is 2.37. The van der Waals surface area contributed by atoms with Crippen molar-refractivity contribution in [2.75, 3.05) is 19.6 Å². The number of rotatable bonds is 5. The molecule has 1 saturated heterocycles. The van der Waals surface area contributed by atoms with E-state index in [9.17, 15) is 4.79 Å². The standard InChI is InChI=1S/C18H25NO2/c20-18(21)15-7-4-10-19(11-8-15)12-9-16-13-17(16)14-5-2-1-3-6-14/h1-3,5-6,15-17H,4,7-13H2,(H,20,21). The molecule has 21 heavy (non-hydrogen) atoms. The highest BCUT2D eigenvalue weighted by Crippen LogP contribution is 2.49. The highest BCUT2D eigenvalue weighted by atomic mass is 16.4. The lowest BCUT2D eigenvalue weighted by Gasteiger charge is -2.19. The Bertz CT molecular complexity index is 473. The molecule has 1 aliphatic heterocycles. The molecule has 2 fully saturated rings. The molecule has 0 bridgehead atoms. The van der Waals surface area contributed by atoms with E-state index in [0.717, 1.165) is 50.7 Å². The van der Waals surface area contributed by atoms with Crippen LogP contribution in [0.5, 0.6) is 0 Å². The number of hydrogen-bond acceptors (Lipinski definition) is 2. The largest absolute Gasteiger partial charge is 0.481 e. The fourth-order valence-electron chi connectivity index (χ4n) is 3.65. The molecule has 3 nitrogen and oxygen atoms in total. The Balaban J connectivity index is 1.41. The van der Waals surface area contributed by atoms with Crippen LogP contribution in [0.3, 0.4) is 0 Å². The van der Waals surface area contributed by atoms with Gasteiger partial charge in [0.05, 0.1) is 5.92 Å². The zero-order valence-corrected chi connectivity index (χ0v) is 12.6. The van der Waals surface area contributed by atoms with Crippen molar-refractivity contribution in [1.29, 1.82) is 0 Å². The summed E-state index contributed by atoms with van der Waals surface area (Å²) in [6.07, 6.45) is 5.29. The third kappa shape index (κ3) is 3.85. The van der Waals surface area contributed by atoms with E-state index in [2.05, 4.69) is 35.2 Å². The molecule has 0 spiro atoms. The first kappa shape index (κ1) is 14.6. The molecule has 0 radical (unpaired) electrons. The number of hydrogen-bond donors (Lipinski definition) is 1. The Kier molecular flexibility index (Phi) is 4.59. The molecular weight excluding hydrogens is 262 g/mol. The van der Waals surface area contributed by atoms with Crippen molar-refractivity contribution >= 4 is 5.97 Å². The molecule has 3 rings (SSSR count). The third-order valence-corrected chi connectivity index (χ3v) is 5.14. The topological polar surface area (TPSA) is 40.5 Å². The van der Waals surface area contributed by atoms with Crippen molar-refractivity contribution in [2.24, 2.45) is 11.8 Å². The fourth-order valence-corrected chi connectivity index (χ4v) is 3.65. The van der Waals surface area contributed by atoms with Crippen LogP contribution in [-0.4, -0.2) is 35.6 Å². The molecule has 0 amide bonds. The maximum absolute atomic E-state index is 11.1. The van der Waals surface area contributed by atoms with Gasteiger partial charge in [0, 0.05) is 0 Å². The van der Waals surface area contributed by atoms with E-state index >= 15 is 0 Å². The van der Waals surface area contributed by atoms with E-state index in [1.54, 1.807) is 0 Å². The van der Waals surface area contributed by atoms with Crippen molar-refractivity contribution in [2.45, 2.75) is 38.0 Å². The van der Waals surface area contributed by atoms with Gasteiger partial charge in [-0.2, -0.15) is 0 Å². The lowest BCUT2D eigenvalue weighted by Crippen LogP contribution is -2.26. The summed E-state index contributed by atoms with van der Waals surface area (Å²) in [5, 5.41) is 9.12. The Morgan fingerprint density at radius 2 is 2.00 bits per heavy atom. The maximum Gasteiger partial charge on any atom is 0.306 e. The molecule has 1 aromatic rings. The van der Waals surface area contributed by atoms with Crippen LogP contribution in [0.1, 0.15) is 43.6 Å². The lowest BCUT2D eigenvalue weighted by atomic mass is 10.0. The number of likely N-dealkylation sites (tertiary alicyclic amines) is 1. The van der Waals surface area contributed by atoms with E-state index in [1.807, 2.05) is 0 Å². The van der Waals surface area contributed by atoms with Gasteiger partial charge in [0.2, 0.25) is 0 Å². The van der Waals surface area contributed by atoms with E-state index in [0.29, 0.717) is 0 Å². The first-order valence-corrected chi connectivity index (χ1v) is 8.24. The second-order valence-corrected chi connectivity index (χ2v) is 6.61. The predicted octanol–water partition coefficient (Wildman–Crippen LogP) is 3.37. The van der Waals surface area contributed by atoms with E-state index in [-0.39, 0.29) is 5.92 Å². The van der Waals surface area contributed by atoms with Gasteiger partial charge >= 0.3 is 5.97 Å². The molecule has 0 aromatic heterocycles. The maximum atomic E-state index is 11.1. The summed E-state index contributed by atoms with van der Waals surface area (Å²) in [5.74, 6) is 0.882. The third-order valence-electron chi connectivity index (χ3n) is 5.14. The molecule has 1 N–H and O–H groups in total. The SMILES string of the molecule is O=C(O)C1CCCN(CCC2CC2c2ccccc2)CC1. The number of carbonyl (C=O) groups is 1. The van der Waals surface area contributed by atoms with Crippen LogP contribution >= 0.6 is 0 Å². The van der Waals surface area contributed by atoms with Crippen LogP contribution in [0.2, 0.25) is 0 Å². The van der Waals surface area contributed by atoms with Crippen molar-refractivity contribution in [3.63, 3.8) is 0 Å². The minimum absolute atomic E-state index is 0.118. The van der Waals surface area contributed by atoms with Gasteiger partial charge in [-0.15, -0.1) is 0 Å². The highest BCUT2D eigenvalue weighted by molar-refractivity contribution is 5.69. The average molecular weight is 287 g/mol. The van der Waals surface area contributed by atoms with E-state index in [4.69, 9.17) is 5.11 Å². The van der Waals surface area contributed by atoms with Crippen LogP contribution in [0.25, 0.3) is 0 Å². The van der Waals surface area contributed by atoms with Gasteiger partial charge in [-0.3, -0.25) is 4.79 Å². The predicted molar refractivity (Wildman–Crippen MR) is 83.3 cm³/mol. The first-order chi connectivity index (χ1) is 10.2. The van der Waals surface area contributed by atoms with Crippen LogP contribution < -0.4 is 0 Å². The molecule has 1 heterocycles. The zero-order valence-electron chi connectivity index (χ0n) is 12.6. The second-order valence-electron chi connectivity index (χ2n) is 6.61. The summed E-state index contributed by atoms with van der Waals surface area (Å²) < 4.78 is 0. The van der Waals surface area contributed by atoms with Gasteiger partial charge in [0.15, 0.2) is 0 Å². The molecule has 1 aliphatic carbocycles. The first-order valence-electron chi connectivity index (χ1n) is 8.24. The molecule has 3 atom stereocenters. The van der Waals surface area contributed by atoms with Crippen molar-refractivity contribution < 1.29 is 9.90 Å². The van der Waals surface area contributed by atoms with Crippen molar-refractivity contribution in [3.8, 4) is 0 Å². The molecule has 1 aromatic carbocycles. The zero-order chi connectivity index (χ0) is 14.7. The summed E-state index contributed by atoms with van der Waals surface area (Å²) in [5.41, 5.74) is 1.49. The fraction of sp³-hybridized carbons (Fsp3) is 0.611. The molecule has 2 aliphatic rings. The van der Waals surface area contributed by atoms with E-state index in [1.165, 1.54) is 18.4 Å². The number of benzene rings is 1. The summed E-state index contributed by atoms with van der Waals surface area (Å²) in [6.45, 7) is 3.17. The van der Waals surface area contributed by atoms with E-state index < -0.39 is 5.97 Å². The molecule has 114 valence electrons. The summed E-state index contributed by atoms with van der Waals surface area (Å²) in [4.78, 5) is 13.5. The van der Waals surface area contributed by atoms with Crippen molar-refractivity contribution in [3.05, 3.63) is 35.9 Å². The second kappa shape index (κ2) is 6.61. The Hall–Kier alpha value is -1.35. The summed E-state index contributed by atoms with van der Waals surface area (Å²) >= 11 is 0. The Labute approximate surface area is 127 Å². The monoisotopic (exact) mass is 287 g/mol. The van der Waals surface area contributed by atoms with Gasteiger partial charge in [-0.05, 0) is 69.1 Å². The van der Waals surface area contributed by atoms with Gasteiger partial charge in [0.1, 0.15) is 0 Å². The number of nitrogens with zero attached hydrogens (tertiary/aromatic N) is 1. The van der Waals surface area contributed by atoms with Crippen LogP contribution in [0.15, 0.2) is 30.3 Å². The van der Waals surface area contributed by atoms with Gasteiger partial charge in [-0.25, -0.2) is 0 Å². The number of aliphatic carboxylic acids is 1. The Morgan fingerprint density at radius 3 is 2.76 bits per heavy atom. The van der Waals surface area contributed by atoms with Gasteiger partial charge in [-0.1, -0.05) is 30.3 Å². The molecule has 3 unspecified atom stereocenters. The lowest BCUT2D eigenvalue weighted by molar-refractivity contribution is -0.142. The number of carboxylic acid groups (broad SMARTS) is 1. The summed E-state index contributed by atoms with van der Waals surface area (Å²) in [7, 11) is 0. The normalized spacial score (nSPS) is 29.8. The molecular formula is C18H25NO2. The van der Waals surface area contributed by atoms with Crippen LogP contribution in [0.4, 0.5) is 0 Å². The average Bonchev–Trinajstić information content (AvgIpc) is 3.29. The smallest absolute Gasteiger partial charge is 0.306 e. The minimum Gasteiger partial charge on any atom is -0.481 e. The Morgan fingerprint density at radius 1 is 1.19 bits per heavy atom.